The van der Waals surface area contributed by atoms with Gasteiger partial charge in [-0.3, -0.25) is 9.48 Å². The van der Waals surface area contributed by atoms with Crippen molar-refractivity contribution >= 4 is 27.1 Å². The minimum atomic E-state index is -2.97. The van der Waals surface area contributed by atoms with Crippen molar-refractivity contribution in [3.63, 3.8) is 0 Å². The van der Waals surface area contributed by atoms with Crippen LogP contribution in [0.5, 0.6) is 0 Å². The Morgan fingerprint density at radius 3 is 3.00 bits per heavy atom. The average Bonchev–Trinajstić information content (AvgIpc) is 3.16. The summed E-state index contributed by atoms with van der Waals surface area (Å²) in [6, 6.07) is 3.74. The summed E-state index contributed by atoms with van der Waals surface area (Å²) in [5.74, 6) is 0.112. The highest BCUT2D eigenvalue weighted by Gasteiger charge is 2.31. The molecule has 1 atom stereocenters. The standard InChI is InChI=1S/C14H17N3O3S2/c1-10-13(14(18)15-7-12-3-2-5-21-12)8-16-17(10)11-4-6-22(19,20)9-11/h2-3,5,8,11H,4,6-7,9H2,1H3,(H,15,18). The summed E-state index contributed by atoms with van der Waals surface area (Å²) in [5.41, 5.74) is 1.21. The second kappa shape index (κ2) is 5.85. The molecule has 2 aromatic heterocycles. The highest BCUT2D eigenvalue weighted by Crippen LogP contribution is 2.25. The summed E-state index contributed by atoms with van der Waals surface area (Å²) in [5, 5.41) is 9.05. The van der Waals surface area contributed by atoms with Crippen molar-refractivity contribution in [2.45, 2.75) is 25.9 Å². The normalized spacial score (nSPS) is 20.1. The SMILES string of the molecule is Cc1c(C(=O)NCc2cccs2)cnn1C1CCS(=O)(=O)C1. The lowest BCUT2D eigenvalue weighted by Gasteiger charge is -2.11. The zero-order valence-corrected chi connectivity index (χ0v) is 13.8. The molecule has 3 heterocycles. The number of hydrogen-bond donors (Lipinski definition) is 1. The molecule has 1 aliphatic heterocycles. The van der Waals surface area contributed by atoms with Crippen LogP contribution in [0.4, 0.5) is 0 Å². The van der Waals surface area contributed by atoms with Crippen LogP contribution in [-0.2, 0) is 16.4 Å². The van der Waals surface area contributed by atoms with Gasteiger partial charge in [0.1, 0.15) is 0 Å². The fourth-order valence-corrected chi connectivity index (χ4v) is 5.00. The van der Waals surface area contributed by atoms with Gasteiger partial charge in [-0.25, -0.2) is 8.42 Å². The van der Waals surface area contributed by atoms with Crippen molar-refractivity contribution in [3.05, 3.63) is 39.8 Å². The van der Waals surface area contributed by atoms with E-state index in [-0.39, 0.29) is 23.5 Å². The van der Waals surface area contributed by atoms with Crippen molar-refractivity contribution in [2.75, 3.05) is 11.5 Å². The number of carbonyl (C=O) groups excluding carboxylic acids is 1. The monoisotopic (exact) mass is 339 g/mol. The van der Waals surface area contributed by atoms with Crippen molar-refractivity contribution in [3.8, 4) is 0 Å². The zero-order chi connectivity index (χ0) is 15.7. The van der Waals surface area contributed by atoms with Gasteiger partial charge in [-0.1, -0.05) is 6.07 Å². The van der Waals surface area contributed by atoms with E-state index >= 15 is 0 Å². The van der Waals surface area contributed by atoms with Gasteiger partial charge in [0.25, 0.3) is 5.91 Å². The fourth-order valence-electron chi connectivity index (χ4n) is 2.66. The Morgan fingerprint density at radius 2 is 2.36 bits per heavy atom. The number of carbonyl (C=O) groups is 1. The largest absolute Gasteiger partial charge is 0.347 e. The predicted molar refractivity (Wildman–Crippen MR) is 84.8 cm³/mol. The Hall–Kier alpha value is -1.67. The molecule has 0 spiro atoms. The molecule has 0 saturated carbocycles. The first-order valence-corrected chi connectivity index (χ1v) is 9.71. The van der Waals surface area contributed by atoms with Crippen LogP contribution in [0.15, 0.2) is 23.7 Å². The van der Waals surface area contributed by atoms with Crippen molar-refractivity contribution in [1.29, 1.82) is 0 Å². The molecule has 1 amide bonds. The van der Waals surface area contributed by atoms with E-state index in [1.54, 1.807) is 22.9 Å². The average molecular weight is 339 g/mol. The van der Waals surface area contributed by atoms with Crippen molar-refractivity contribution in [2.24, 2.45) is 0 Å². The molecule has 2 aromatic rings. The molecule has 3 rings (SSSR count). The summed E-state index contributed by atoms with van der Waals surface area (Å²) in [6.45, 7) is 2.29. The van der Waals surface area contributed by atoms with Crippen molar-refractivity contribution < 1.29 is 13.2 Å². The molecule has 8 heteroatoms. The third-order valence-corrected chi connectivity index (χ3v) is 6.47. The van der Waals surface area contributed by atoms with E-state index in [1.165, 1.54) is 6.20 Å². The van der Waals surface area contributed by atoms with Crippen LogP contribution in [0, 0.1) is 6.92 Å². The van der Waals surface area contributed by atoms with Gasteiger partial charge in [-0.15, -0.1) is 11.3 Å². The third kappa shape index (κ3) is 3.07. The van der Waals surface area contributed by atoms with E-state index in [0.717, 1.165) is 4.88 Å². The predicted octanol–water partition coefficient (Wildman–Crippen LogP) is 1.54. The third-order valence-electron chi connectivity index (χ3n) is 3.85. The summed E-state index contributed by atoms with van der Waals surface area (Å²) in [4.78, 5) is 13.3. The van der Waals surface area contributed by atoms with Gasteiger partial charge in [0.2, 0.25) is 0 Å². The van der Waals surface area contributed by atoms with E-state index in [0.29, 0.717) is 24.2 Å². The van der Waals surface area contributed by atoms with Gasteiger partial charge < -0.3 is 5.32 Å². The molecule has 0 aromatic carbocycles. The van der Waals surface area contributed by atoms with Gasteiger partial charge in [0, 0.05) is 10.6 Å². The molecule has 118 valence electrons. The smallest absolute Gasteiger partial charge is 0.255 e. The summed E-state index contributed by atoms with van der Waals surface area (Å²) in [6.07, 6.45) is 2.07. The molecular formula is C14H17N3O3S2. The number of thiophene rings is 1. The lowest BCUT2D eigenvalue weighted by Crippen LogP contribution is -2.23. The van der Waals surface area contributed by atoms with Gasteiger partial charge >= 0.3 is 0 Å². The molecule has 22 heavy (non-hydrogen) atoms. The number of amides is 1. The topological polar surface area (TPSA) is 81.1 Å². The van der Waals surface area contributed by atoms with Crippen LogP contribution in [0.2, 0.25) is 0 Å². The highest BCUT2D eigenvalue weighted by atomic mass is 32.2. The number of sulfone groups is 1. The van der Waals surface area contributed by atoms with Gasteiger partial charge in [0.05, 0.1) is 35.9 Å². The minimum Gasteiger partial charge on any atom is -0.347 e. The minimum absolute atomic E-state index is 0.103. The number of nitrogens with one attached hydrogen (secondary N) is 1. The molecule has 1 saturated heterocycles. The lowest BCUT2D eigenvalue weighted by atomic mass is 10.2. The van der Waals surface area contributed by atoms with Crippen LogP contribution in [0.3, 0.4) is 0 Å². The second-order valence-electron chi connectivity index (χ2n) is 5.41. The molecule has 6 nitrogen and oxygen atoms in total. The Bertz CT molecular complexity index is 778. The number of aromatic nitrogens is 2. The van der Waals surface area contributed by atoms with Crippen LogP contribution in [-0.4, -0.2) is 35.6 Å². The maximum absolute atomic E-state index is 12.2. The Labute approximate surface area is 133 Å². The Balaban J connectivity index is 1.71. The number of hydrogen-bond acceptors (Lipinski definition) is 5. The van der Waals surface area contributed by atoms with Gasteiger partial charge in [-0.05, 0) is 24.8 Å². The lowest BCUT2D eigenvalue weighted by molar-refractivity contribution is 0.0950. The van der Waals surface area contributed by atoms with Crippen LogP contribution in [0.25, 0.3) is 0 Å². The molecular weight excluding hydrogens is 322 g/mol. The Kier molecular flexibility index (Phi) is 4.05. The summed E-state index contributed by atoms with van der Waals surface area (Å²) in [7, 11) is -2.97. The van der Waals surface area contributed by atoms with E-state index < -0.39 is 9.84 Å². The van der Waals surface area contributed by atoms with E-state index in [2.05, 4.69) is 10.4 Å². The quantitative estimate of drug-likeness (QED) is 0.916. The second-order valence-corrected chi connectivity index (χ2v) is 8.67. The van der Waals surface area contributed by atoms with Gasteiger partial charge in [0.15, 0.2) is 9.84 Å². The fraction of sp³-hybridized carbons (Fsp3) is 0.429. The summed E-state index contributed by atoms with van der Waals surface area (Å²) >= 11 is 1.59. The van der Waals surface area contributed by atoms with Crippen molar-refractivity contribution in [1.82, 2.24) is 15.1 Å². The van der Waals surface area contributed by atoms with Crippen LogP contribution in [0.1, 0.15) is 33.4 Å². The molecule has 1 fully saturated rings. The number of nitrogens with zero attached hydrogens (tertiary/aromatic N) is 2. The molecule has 1 aliphatic rings. The maximum atomic E-state index is 12.2. The van der Waals surface area contributed by atoms with E-state index in [9.17, 15) is 13.2 Å². The maximum Gasteiger partial charge on any atom is 0.255 e. The van der Waals surface area contributed by atoms with E-state index in [1.807, 2.05) is 17.5 Å². The molecule has 0 bridgehead atoms. The first-order chi connectivity index (χ1) is 10.5. The molecule has 0 aliphatic carbocycles. The van der Waals surface area contributed by atoms with E-state index in [4.69, 9.17) is 0 Å². The summed E-state index contributed by atoms with van der Waals surface area (Å²) < 4.78 is 24.8. The first kappa shape index (κ1) is 15.2. The Morgan fingerprint density at radius 1 is 1.55 bits per heavy atom. The number of rotatable bonds is 4. The van der Waals surface area contributed by atoms with Crippen LogP contribution < -0.4 is 5.32 Å². The van der Waals surface area contributed by atoms with Gasteiger partial charge in [-0.2, -0.15) is 5.10 Å². The van der Waals surface area contributed by atoms with Crippen LogP contribution >= 0.6 is 11.3 Å². The molecule has 1 N–H and O–H groups in total. The molecule has 1 unspecified atom stereocenters. The highest BCUT2D eigenvalue weighted by molar-refractivity contribution is 7.91. The first-order valence-electron chi connectivity index (χ1n) is 7.01. The zero-order valence-electron chi connectivity index (χ0n) is 12.2. The molecule has 0 radical (unpaired) electrons.